The number of carbonyl (C=O) groups excluding carboxylic acids is 1. The van der Waals surface area contributed by atoms with Crippen LogP contribution in [0.15, 0.2) is 36.9 Å². The molecule has 10 nitrogen and oxygen atoms in total. The zero-order valence-electron chi connectivity index (χ0n) is 27.2. The summed E-state index contributed by atoms with van der Waals surface area (Å²) < 4.78 is 53.7. The summed E-state index contributed by atoms with van der Waals surface area (Å²) in [4.78, 5) is 30.0. The summed E-state index contributed by atoms with van der Waals surface area (Å²) in [5.41, 5.74) is 0.887. The van der Waals surface area contributed by atoms with E-state index in [4.69, 9.17) is 19.4 Å². The molecular weight excluding hydrogens is 611 g/mol. The van der Waals surface area contributed by atoms with Crippen LogP contribution in [0, 0.1) is 17.2 Å². The third-order valence-electron chi connectivity index (χ3n) is 9.05. The molecule has 1 unspecified atom stereocenters. The number of anilines is 2. The molecule has 254 valence electrons. The van der Waals surface area contributed by atoms with Crippen LogP contribution in [0.5, 0.6) is 6.01 Å². The van der Waals surface area contributed by atoms with Crippen molar-refractivity contribution in [3.05, 3.63) is 53.7 Å². The van der Waals surface area contributed by atoms with Crippen molar-refractivity contribution in [3.63, 3.8) is 0 Å². The van der Waals surface area contributed by atoms with E-state index in [1.807, 2.05) is 4.90 Å². The van der Waals surface area contributed by atoms with Gasteiger partial charge in [0.1, 0.15) is 5.82 Å². The van der Waals surface area contributed by atoms with Gasteiger partial charge in [-0.2, -0.15) is 28.4 Å². The molecule has 13 heteroatoms. The van der Waals surface area contributed by atoms with Crippen LogP contribution in [0.4, 0.5) is 24.7 Å². The van der Waals surface area contributed by atoms with Gasteiger partial charge in [-0.1, -0.05) is 32.6 Å². The van der Waals surface area contributed by atoms with Gasteiger partial charge in [0.2, 0.25) is 5.91 Å². The van der Waals surface area contributed by atoms with Gasteiger partial charge in [-0.05, 0) is 43.4 Å². The van der Waals surface area contributed by atoms with E-state index in [-0.39, 0.29) is 36.6 Å². The zero-order chi connectivity index (χ0) is 33.6. The Kier molecular flexibility index (Phi) is 11.2. The minimum absolute atomic E-state index is 0.111. The molecule has 1 amide bonds. The lowest BCUT2D eigenvalue weighted by molar-refractivity contribution is -0.137. The van der Waals surface area contributed by atoms with Crippen molar-refractivity contribution < 1.29 is 27.4 Å². The Morgan fingerprint density at radius 1 is 1.17 bits per heavy atom. The number of nitrogens with zero attached hydrogens (tertiary/aromatic N) is 7. The average molecular weight is 656 g/mol. The Balaban J connectivity index is 1.38. The molecule has 3 aliphatic heterocycles. The molecule has 0 spiro atoms. The maximum atomic E-state index is 13.9. The maximum absolute atomic E-state index is 13.9. The lowest BCUT2D eigenvalue weighted by Gasteiger charge is -2.42. The molecule has 1 aromatic carbocycles. The number of amides is 1. The molecule has 0 radical (unpaired) electrons. The molecule has 5 rings (SSSR count). The smallest absolute Gasteiger partial charge is 0.418 e. The Morgan fingerprint density at radius 3 is 2.72 bits per heavy atom. The van der Waals surface area contributed by atoms with Gasteiger partial charge in [0.25, 0.3) is 0 Å². The Labute approximate surface area is 274 Å². The number of hydrogen-bond donors (Lipinski definition) is 0. The maximum Gasteiger partial charge on any atom is 0.418 e. The van der Waals surface area contributed by atoms with Gasteiger partial charge >= 0.3 is 12.2 Å². The van der Waals surface area contributed by atoms with Gasteiger partial charge in [-0.15, -0.1) is 0 Å². The highest BCUT2D eigenvalue weighted by molar-refractivity contribution is 5.87. The molecule has 3 aliphatic rings. The number of halogens is 3. The summed E-state index contributed by atoms with van der Waals surface area (Å²) in [6.07, 6.45) is -0.844. The number of rotatable bonds is 11. The fourth-order valence-corrected chi connectivity index (χ4v) is 6.82. The van der Waals surface area contributed by atoms with Crippen LogP contribution in [0.1, 0.15) is 49.9 Å². The second kappa shape index (κ2) is 15.3. The van der Waals surface area contributed by atoms with Gasteiger partial charge in [-0.25, -0.2) is 0 Å². The summed E-state index contributed by atoms with van der Waals surface area (Å²) >= 11 is 0. The number of ether oxygens (including phenoxy) is 2. The van der Waals surface area contributed by atoms with E-state index in [0.29, 0.717) is 69.3 Å². The van der Waals surface area contributed by atoms with Crippen molar-refractivity contribution in [2.24, 2.45) is 5.92 Å². The largest absolute Gasteiger partial charge is 0.463 e. The second-order valence-corrected chi connectivity index (χ2v) is 12.7. The Morgan fingerprint density at radius 2 is 1.98 bits per heavy atom. The first-order valence-electron chi connectivity index (χ1n) is 16.4. The molecule has 2 atom stereocenters. The number of aromatic nitrogens is 2. The van der Waals surface area contributed by atoms with E-state index in [1.54, 1.807) is 15.9 Å². The van der Waals surface area contributed by atoms with Crippen LogP contribution in [0.25, 0.3) is 0 Å². The molecular formula is C34H44F3N7O3. The van der Waals surface area contributed by atoms with Crippen LogP contribution in [0.3, 0.4) is 0 Å². The first-order chi connectivity index (χ1) is 22.6. The topological polar surface area (TPSA) is 98.1 Å². The second-order valence-electron chi connectivity index (χ2n) is 12.7. The molecule has 2 saturated heterocycles. The standard InChI is InChI=1S/C34H44F3N7O3/c1-4-31(45)44-16-15-43(21-25(44)10-12-38)32-27-11-14-42(30-9-6-5-8-28(30)34(35,36)37)22-29(27)39-33(40-32)47-18-7-13-41-17-19-46-23-26(41)20-24(2)3/h4-6,8-9,24-26H,1,7,10-11,13-23H2,2-3H3/t25?,26-/m1/s1. The minimum atomic E-state index is -4.49. The predicted molar refractivity (Wildman–Crippen MR) is 172 cm³/mol. The van der Waals surface area contributed by atoms with Gasteiger partial charge in [0.15, 0.2) is 0 Å². The molecule has 4 heterocycles. The number of hydrogen-bond acceptors (Lipinski definition) is 9. The third kappa shape index (κ3) is 8.34. The number of nitriles is 1. The third-order valence-corrected chi connectivity index (χ3v) is 9.05. The highest BCUT2D eigenvalue weighted by Gasteiger charge is 2.37. The van der Waals surface area contributed by atoms with E-state index >= 15 is 0 Å². The number of benzene rings is 1. The predicted octanol–water partition coefficient (Wildman–Crippen LogP) is 4.69. The Bertz CT molecular complexity index is 1450. The summed E-state index contributed by atoms with van der Waals surface area (Å²) in [7, 11) is 0. The summed E-state index contributed by atoms with van der Waals surface area (Å²) in [5.74, 6) is 0.982. The molecule has 0 saturated carbocycles. The average Bonchev–Trinajstić information content (AvgIpc) is 3.06. The minimum Gasteiger partial charge on any atom is -0.463 e. The van der Waals surface area contributed by atoms with E-state index in [2.05, 4.69) is 31.4 Å². The highest BCUT2D eigenvalue weighted by atomic mass is 19.4. The first-order valence-corrected chi connectivity index (χ1v) is 16.4. The van der Waals surface area contributed by atoms with Crippen LogP contribution in [-0.4, -0.2) is 96.8 Å². The Hall–Kier alpha value is -3.89. The number of carbonyl (C=O) groups is 1. The quantitative estimate of drug-likeness (QED) is 0.252. The van der Waals surface area contributed by atoms with Gasteiger partial charge in [-0.3, -0.25) is 9.69 Å². The summed E-state index contributed by atoms with van der Waals surface area (Å²) in [5, 5.41) is 9.50. The number of alkyl halides is 3. The number of piperazine rings is 1. The van der Waals surface area contributed by atoms with Crippen molar-refractivity contribution in [1.82, 2.24) is 19.8 Å². The van der Waals surface area contributed by atoms with E-state index in [0.717, 1.165) is 44.2 Å². The van der Waals surface area contributed by atoms with Crippen molar-refractivity contribution >= 4 is 17.4 Å². The summed E-state index contributed by atoms with van der Waals surface area (Å²) in [6, 6.07) is 7.97. The van der Waals surface area contributed by atoms with Crippen molar-refractivity contribution in [3.8, 4) is 12.1 Å². The van der Waals surface area contributed by atoms with E-state index < -0.39 is 11.7 Å². The monoisotopic (exact) mass is 655 g/mol. The SMILES string of the molecule is C=CC(=O)N1CCN(c2nc(OCCCN3CCOC[C@H]3CC(C)C)nc3c2CCN(c2ccccc2C(F)(F)F)C3)CC1CC#N. The van der Waals surface area contributed by atoms with Crippen molar-refractivity contribution in [1.29, 1.82) is 5.26 Å². The fourth-order valence-electron chi connectivity index (χ4n) is 6.82. The molecule has 0 N–H and O–H groups in total. The van der Waals surface area contributed by atoms with Crippen LogP contribution >= 0.6 is 0 Å². The molecule has 2 aromatic rings. The van der Waals surface area contributed by atoms with Crippen LogP contribution in [-0.2, 0) is 28.7 Å². The zero-order valence-corrected chi connectivity index (χ0v) is 27.2. The molecule has 1 aromatic heterocycles. The van der Waals surface area contributed by atoms with E-state index in [9.17, 15) is 23.2 Å². The summed E-state index contributed by atoms with van der Waals surface area (Å²) in [6.45, 7) is 13.3. The number of morpholine rings is 1. The van der Waals surface area contributed by atoms with Gasteiger partial charge < -0.3 is 24.2 Å². The molecule has 0 bridgehead atoms. The lowest BCUT2D eigenvalue weighted by atomic mass is 10.0. The van der Waals surface area contributed by atoms with Crippen molar-refractivity contribution in [2.45, 2.75) is 64.3 Å². The highest BCUT2D eigenvalue weighted by Crippen LogP contribution is 2.39. The molecule has 2 fully saturated rings. The number of para-hydroxylation sites is 1. The fraction of sp³-hybridized carbons (Fsp3) is 0.588. The molecule has 0 aliphatic carbocycles. The number of fused-ring (bicyclic) bond motifs is 1. The van der Waals surface area contributed by atoms with Gasteiger partial charge in [0.05, 0.1) is 56.2 Å². The molecule has 47 heavy (non-hydrogen) atoms. The van der Waals surface area contributed by atoms with Gasteiger partial charge in [0, 0.05) is 56.6 Å². The van der Waals surface area contributed by atoms with Crippen molar-refractivity contribution in [2.75, 3.05) is 68.9 Å². The van der Waals surface area contributed by atoms with E-state index in [1.165, 1.54) is 18.2 Å². The first kappa shape index (κ1) is 34.4. The van der Waals surface area contributed by atoms with Crippen LogP contribution in [0.2, 0.25) is 0 Å². The normalized spacial score (nSPS) is 20.6. The lowest BCUT2D eigenvalue weighted by Crippen LogP contribution is -2.55. The van der Waals surface area contributed by atoms with Crippen LogP contribution < -0.4 is 14.5 Å².